The minimum absolute atomic E-state index is 0.531. The molecule has 0 bridgehead atoms. The molecule has 2 N–H and O–H groups in total. The van der Waals surface area contributed by atoms with Crippen molar-refractivity contribution in [3.8, 4) is 113 Å². The van der Waals surface area contributed by atoms with Crippen LogP contribution in [0.25, 0.3) is 197 Å². The molecule has 10 nitrogen and oxygen atoms in total. The molecule has 0 saturated carbocycles. The highest BCUT2D eigenvalue weighted by atomic mass is 79.9. The number of benzene rings is 16. The minimum Gasteiger partial charge on any atom is -0.423 e. The summed E-state index contributed by atoms with van der Waals surface area (Å²) >= 11 is 6.79. The van der Waals surface area contributed by atoms with E-state index in [4.69, 9.17) is 15.0 Å². The first-order chi connectivity index (χ1) is 57.2. The lowest BCUT2D eigenvalue weighted by molar-refractivity contribution is 0.426. The number of fused-ring (bicyclic) bond motifs is 12. The standard InChI is InChI=1S/C51H32N4S.C30H20BNO2S.C21H14BrN3/c1-4-14-33(15-5-1)35-24-26-37(27-25-35)50-52-49(36-18-8-3-9-19-36)53-51(54-50)44-32-39(31-43-42-21-11-13-23-47(42)56-48(43)44)55-45-22-12-10-20-40(45)41-29-28-38(30-46(41)55)34-16-6-2-7-17-34;33-31(34)26-18-21(17-25-24-11-5-7-13-29(24)35-30(25)26)32-27-12-6-4-10-22(27)23-15-14-20(16-28(23)32)19-8-2-1-3-9-19;22-21-24-19(17-9-5-2-6-10-17)23-20(25-21)18-13-11-16(12-14-18)15-7-3-1-4-8-15/h1-32H;1-18,33-34H;1-14H. The maximum absolute atomic E-state index is 10.3. The Balaban J connectivity index is 0.000000123. The monoisotopic (exact) mass is 1590 g/mol. The Hall–Kier alpha value is -14.0. The van der Waals surface area contributed by atoms with Crippen LogP contribution in [-0.2, 0) is 0 Å². The average molecular weight is 1590 g/mol. The van der Waals surface area contributed by atoms with Gasteiger partial charge < -0.3 is 19.2 Å². The molecule has 0 saturated heterocycles. The molecule has 0 aliphatic heterocycles. The summed E-state index contributed by atoms with van der Waals surface area (Å²) in [7, 11) is -1.56. The van der Waals surface area contributed by atoms with E-state index in [0.29, 0.717) is 39.3 Å². The van der Waals surface area contributed by atoms with E-state index in [0.717, 1.165) is 103 Å². The van der Waals surface area contributed by atoms with Gasteiger partial charge in [0.1, 0.15) is 0 Å². The Kier molecular flexibility index (Phi) is 18.9. The van der Waals surface area contributed by atoms with E-state index < -0.39 is 7.12 Å². The molecule has 0 aliphatic carbocycles. The summed E-state index contributed by atoms with van der Waals surface area (Å²) in [6.45, 7) is 0. The van der Waals surface area contributed by atoms with Crippen molar-refractivity contribution in [2.24, 2.45) is 0 Å². The number of para-hydroxylation sites is 2. The lowest BCUT2D eigenvalue weighted by Gasteiger charge is -2.13. The zero-order valence-corrected chi connectivity index (χ0v) is 65.4. The third-order valence-corrected chi connectivity index (χ3v) is 24.2. The van der Waals surface area contributed by atoms with E-state index in [1.807, 2.05) is 109 Å². The predicted octanol–water partition coefficient (Wildman–Crippen LogP) is 25.8. The zero-order valence-electron chi connectivity index (χ0n) is 62.2. The van der Waals surface area contributed by atoms with E-state index in [1.54, 1.807) is 22.7 Å². The quantitative estimate of drug-likeness (QED) is 0.116. The first-order valence-corrected chi connectivity index (χ1v) is 40.7. The van der Waals surface area contributed by atoms with Gasteiger partial charge in [-0.15, -0.1) is 22.7 Å². The number of hydrogen-bond acceptors (Lipinski definition) is 10. The van der Waals surface area contributed by atoms with Gasteiger partial charge in [-0.3, -0.25) is 0 Å². The smallest absolute Gasteiger partial charge is 0.423 e. The van der Waals surface area contributed by atoms with Gasteiger partial charge in [-0.05, 0) is 121 Å². The van der Waals surface area contributed by atoms with E-state index >= 15 is 0 Å². The maximum atomic E-state index is 10.3. The van der Waals surface area contributed by atoms with Gasteiger partial charge in [0.15, 0.2) is 29.1 Å². The lowest BCUT2D eigenvalue weighted by atomic mass is 9.79. The molecule has 6 aromatic heterocycles. The number of rotatable bonds is 12. The van der Waals surface area contributed by atoms with Gasteiger partial charge in [0.05, 0.1) is 22.1 Å². The average Bonchev–Trinajstić information content (AvgIpc) is 1.57. The van der Waals surface area contributed by atoms with Gasteiger partial charge in [-0.1, -0.05) is 328 Å². The number of nitrogens with zero attached hydrogens (tertiary/aromatic N) is 8. The number of hydrogen-bond donors (Lipinski definition) is 2. The van der Waals surface area contributed by atoms with Crippen LogP contribution in [0.4, 0.5) is 0 Å². The van der Waals surface area contributed by atoms with Crippen LogP contribution in [0.15, 0.2) is 393 Å². The molecule has 0 aliphatic rings. The number of halogens is 1. The van der Waals surface area contributed by atoms with Crippen LogP contribution >= 0.6 is 38.6 Å². The highest BCUT2D eigenvalue weighted by molar-refractivity contribution is 9.10. The normalized spacial score (nSPS) is 11.4. The largest absolute Gasteiger partial charge is 0.489 e. The van der Waals surface area contributed by atoms with Crippen LogP contribution in [0.5, 0.6) is 0 Å². The Bertz CT molecular complexity index is 7420. The summed E-state index contributed by atoms with van der Waals surface area (Å²) in [5, 5.41) is 30.0. The summed E-state index contributed by atoms with van der Waals surface area (Å²) in [6, 6.07) is 135. The predicted molar refractivity (Wildman–Crippen MR) is 487 cm³/mol. The van der Waals surface area contributed by atoms with Crippen molar-refractivity contribution < 1.29 is 10.0 Å². The fourth-order valence-corrected chi connectivity index (χ4v) is 18.6. The van der Waals surface area contributed by atoms with Crippen molar-refractivity contribution in [1.82, 2.24) is 39.0 Å². The highest BCUT2D eigenvalue weighted by Crippen LogP contribution is 2.45. The van der Waals surface area contributed by atoms with Gasteiger partial charge in [0.25, 0.3) is 0 Å². The van der Waals surface area contributed by atoms with Gasteiger partial charge in [-0.25, -0.2) is 29.9 Å². The fourth-order valence-electron chi connectivity index (χ4n) is 15.8. The van der Waals surface area contributed by atoms with Crippen LogP contribution in [0.1, 0.15) is 0 Å². The summed E-state index contributed by atoms with van der Waals surface area (Å²) in [6.07, 6.45) is 0. The molecule has 6 heterocycles. The summed E-state index contributed by atoms with van der Waals surface area (Å²) < 4.78 is 9.61. The topological polar surface area (TPSA) is 128 Å². The van der Waals surface area contributed by atoms with E-state index in [2.05, 4.69) is 319 Å². The molecule has 0 radical (unpaired) electrons. The Morgan fingerprint density at radius 3 is 0.948 bits per heavy atom. The highest BCUT2D eigenvalue weighted by Gasteiger charge is 2.25. The minimum atomic E-state index is -1.56. The van der Waals surface area contributed by atoms with Crippen molar-refractivity contribution in [3.63, 3.8) is 0 Å². The van der Waals surface area contributed by atoms with Crippen LogP contribution in [0, 0.1) is 0 Å². The first-order valence-electron chi connectivity index (χ1n) is 38.3. The first kappa shape index (κ1) is 71.1. The Labute approximate surface area is 684 Å². The van der Waals surface area contributed by atoms with Crippen LogP contribution in [-0.4, -0.2) is 56.2 Å². The number of thiophene rings is 2. The van der Waals surface area contributed by atoms with E-state index in [-0.39, 0.29) is 0 Å². The third-order valence-electron chi connectivity index (χ3n) is 21.4. The van der Waals surface area contributed by atoms with Gasteiger partial charge in [0, 0.05) is 107 Å². The summed E-state index contributed by atoms with van der Waals surface area (Å²) in [5.41, 5.74) is 21.1. The molecule has 0 fully saturated rings. The molecule has 16 aromatic carbocycles. The van der Waals surface area contributed by atoms with Crippen molar-refractivity contribution in [3.05, 3.63) is 393 Å². The maximum Gasteiger partial charge on any atom is 0.489 e. The van der Waals surface area contributed by atoms with Crippen LogP contribution < -0.4 is 5.46 Å². The second-order valence-corrected chi connectivity index (χ2v) is 31.2. The molecule has 0 atom stereocenters. The van der Waals surface area contributed by atoms with Crippen LogP contribution in [0.3, 0.4) is 0 Å². The second-order valence-electron chi connectivity index (χ2n) is 28.4. The van der Waals surface area contributed by atoms with Gasteiger partial charge in [0.2, 0.25) is 4.73 Å². The van der Waals surface area contributed by atoms with Crippen molar-refractivity contribution in [1.29, 1.82) is 0 Å². The summed E-state index contributed by atoms with van der Waals surface area (Å²) in [4.78, 5) is 29.1. The van der Waals surface area contributed by atoms with Gasteiger partial charge >= 0.3 is 7.12 Å². The lowest BCUT2D eigenvalue weighted by Crippen LogP contribution is -2.30. The molecule has 116 heavy (non-hydrogen) atoms. The zero-order chi connectivity index (χ0) is 77.6. The van der Waals surface area contributed by atoms with Gasteiger partial charge in [-0.2, -0.15) is 0 Å². The second kappa shape index (κ2) is 30.9. The molecule has 0 unspecified atom stereocenters. The van der Waals surface area contributed by atoms with Crippen LogP contribution in [0.2, 0.25) is 0 Å². The Morgan fingerprint density at radius 1 is 0.233 bits per heavy atom. The molecule has 0 amide bonds. The fraction of sp³-hybridized carbons (Fsp3) is 0. The number of aromatic nitrogens is 8. The molecule has 548 valence electrons. The van der Waals surface area contributed by atoms with E-state index in [9.17, 15) is 10.0 Å². The Morgan fingerprint density at radius 2 is 0.526 bits per heavy atom. The van der Waals surface area contributed by atoms with Crippen molar-refractivity contribution >= 4 is 135 Å². The SMILES string of the molecule is Brc1nc(-c2ccccc2)nc(-c2ccc(-c3ccccc3)cc2)n1.OB(O)c1cc(-n2c3ccccc3c3ccc(-c4ccccc4)cc32)cc2c1sc1ccccc12.c1ccc(-c2ccc(-c3nc(-c4ccccc4)nc(-c4cc(-n5c6ccccc6c6ccc(-c7ccccc7)cc65)cc5c4sc4ccccc45)n3)cc2)cc1. The van der Waals surface area contributed by atoms with E-state index in [1.165, 1.54) is 64.8 Å². The molecule has 14 heteroatoms. The molecule has 22 aromatic rings. The molecular weight excluding hydrogens is 1520 g/mol. The molecule has 22 rings (SSSR count). The third kappa shape index (κ3) is 13.7. The van der Waals surface area contributed by atoms with Crippen molar-refractivity contribution in [2.75, 3.05) is 0 Å². The molecular formula is C102H66BBrN8O2S2. The summed E-state index contributed by atoms with van der Waals surface area (Å²) in [5.74, 6) is 3.23. The van der Waals surface area contributed by atoms with Crippen molar-refractivity contribution in [2.45, 2.75) is 0 Å². The molecule has 0 spiro atoms.